The van der Waals surface area contributed by atoms with E-state index in [0.29, 0.717) is 6.54 Å². The smallest absolute Gasteiger partial charge is 0.253 e. The molecule has 3 N–H and O–H groups in total. The highest BCUT2D eigenvalue weighted by Crippen LogP contribution is 2.21. The van der Waals surface area contributed by atoms with E-state index in [0.717, 1.165) is 28.7 Å². The van der Waals surface area contributed by atoms with E-state index in [9.17, 15) is 4.79 Å². The van der Waals surface area contributed by atoms with Crippen molar-refractivity contribution < 1.29 is 4.79 Å². The van der Waals surface area contributed by atoms with Crippen molar-refractivity contribution in [1.82, 2.24) is 15.6 Å². The number of carbonyl (C=O) groups excluding carboxylic acids is 1. The summed E-state index contributed by atoms with van der Waals surface area (Å²) in [4.78, 5) is 15.3. The maximum atomic E-state index is 12.1. The number of aromatic amines is 1. The van der Waals surface area contributed by atoms with Crippen LogP contribution >= 0.6 is 0 Å². The van der Waals surface area contributed by atoms with Gasteiger partial charge in [0.1, 0.15) is 0 Å². The Kier molecular flexibility index (Phi) is 3.44. The molecule has 1 amide bonds. The number of H-pyrrole nitrogens is 1. The molecule has 0 aliphatic heterocycles. The second kappa shape index (κ2) is 5.01. The Morgan fingerprint density at radius 1 is 1.29 bits per heavy atom. The lowest BCUT2D eigenvalue weighted by atomic mass is 10.1. The van der Waals surface area contributed by atoms with E-state index in [2.05, 4.69) is 15.6 Å². The van der Waals surface area contributed by atoms with Crippen molar-refractivity contribution in [3.63, 3.8) is 0 Å². The minimum absolute atomic E-state index is 0.0183. The maximum Gasteiger partial charge on any atom is 0.253 e. The van der Waals surface area contributed by atoms with Gasteiger partial charge in [0.05, 0.1) is 5.56 Å². The quantitative estimate of drug-likeness (QED) is 0.697. The third kappa shape index (κ3) is 2.31. The zero-order valence-electron chi connectivity index (χ0n) is 10.1. The average Bonchev–Trinajstić information content (AvgIpc) is 2.65. The van der Waals surface area contributed by atoms with E-state index in [4.69, 9.17) is 0 Å². The van der Waals surface area contributed by atoms with Crippen molar-refractivity contribution in [2.45, 2.75) is 6.92 Å². The second-order valence-electron chi connectivity index (χ2n) is 4.03. The van der Waals surface area contributed by atoms with Crippen LogP contribution in [0.3, 0.4) is 0 Å². The first-order valence-corrected chi connectivity index (χ1v) is 5.74. The number of amides is 1. The SMILES string of the molecule is CNCCNC(=O)c1c(C)[nH]c2ccccc12. The first kappa shape index (κ1) is 11.7. The molecule has 0 radical (unpaired) electrons. The number of hydrogen-bond acceptors (Lipinski definition) is 2. The van der Waals surface area contributed by atoms with Gasteiger partial charge >= 0.3 is 0 Å². The molecule has 4 nitrogen and oxygen atoms in total. The number of carbonyl (C=O) groups is 1. The van der Waals surface area contributed by atoms with Crippen LogP contribution in [-0.2, 0) is 0 Å². The summed E-state index contributed by atoms with van der Waals surface area (Å²) in [5.41, 5.74) is 2.66. The molecular weight excluding hydrogens is 214 g/mol. The highest BCUT2D eigenvalue weighted by Gasteiger charge is 2.14. The number of rotatable bonds is 4. The highest BCUT2D eigenvalue weighted by atomic mass is 16.1. The first-order chi connectivity index (χ1) is 8.24. The van der Waals surface area contributed by atoms with Crippen LogP contribution in [0.2, 0.25) is 0 Å². The third-order valence-electron chi connectivity index (χ3n) is 2.78. The Morgan fingerprint density at radius 2 is 2.06 bits per heavy atom. The topological polar surface area (TPSA) is 56.9 Å². The molecule has 2 aromatic rings. The van der Waals surface area contributed by atoms with E-state index in [-0.39, 0.29) is 5.91 Å². The number of benzene rings is 1. The van der Waals surface area contributed by atoms with Crippen LogP contribution in [0.15, 0.2) is 24.3 Å². The average molecular weight is 231 g/mol. The summed E-state index contributed by atoms with van der Waals surface area (Å²) in [7, 11) is 1.86. The Hall–Kier alpha value is -1.81. The predicted molar refractivity (Wildman–Crippen MR) is 69.3 cm³/mol. The van der Waals surface area contributed by atoms with Crippen LogP contribution in [0.4, 0.5) is 0 Å². The fourth-order valence-electron chi connectivity index (χ4n) is 1.96. The van der Waals surface area contributed by atoms with Crippen molar-refractivity contribution >= 4 is 16.8 Å². The number of hydrogen-bond donors (Lipinski definition) is 3. The molecule has 1 heterocycles. The van der Waals surface area contributed by atoms with Crippen LogP contribution in [-0.4, -0.2) is 31.0 Å². The van der Waals surface area contributed by atoms with Gasteiger partial charge in [-0.3, -0.25) is 4.79 Å². The number of nitrogens with one attached hydrogen (secondary N) is 3. The van der Waals surface area contributed by atoms with Crippen molar-refractivity contribution in [1.29, 1.82) is 0 Å². The normalized spacial score (nSPS) is 10.7. The van der Waals surface area contributed by atoms with E-state index in [1.165, 1.54) is 0 Å². The van der Waals surface area contributed by atoms with E-state index >= 15 is 0 Å². The summed E-state index contributed by atoms with van der Waals surface area (Å²) in [6, 6.07) is 7.85. The number of aromatic nitrogens is 1. The largest absolute Gasteiger partial charge is 0.358 e. The predicted octanol–water partition coefficient (Wildman–Crippen LogP) is 1.43. The van der Waals surface area contributed by atoms with E-state index < -0.39 is 0 Å². The molecule has 0 atom stereocenters. The monoisotopic (exact) mass is 231 g/mol. The standard InChI is InChI=1S/C13H17N3O/c1-9-12(13(17)15-8-7-14-2)10-5-3-4-6-11(10)16-9/h3-6,14,16H,7-8H2,1-2H3,(H,15,17). The van der Waals surface area contributed by atoms with E-state index in [1.54, 1.807) is 0 Å². The minimum Gasteiger partial charge on any atom is -0.358 e. The van der Waals surface area contributed by atoms with Crippen LogP contribution in [0, 0.1) is 6.92 Å². The number of fused-ring (bicyclic) bond motifs is 1. The number of aryl methyl sites for hydroxylation is 1. The Morgan fingerprint density at radius 3 is 2.82 bits per heavy atom. The molecule has 0 aliphatic carbocycles. The van der Waals surface area contributed by atoms with Gasteiger partial charge in [-0.2, -0.15) is 0 Å². The molecule has 1 aromatic carbocycles. The summed E-state index contributed by atoms with van der Waals surface area (Å²) in [6.07, 6.45) is 0. The van der Waals surface area contributed by atoms with Gasteiger partial charge in [0.25, 0.3) is 5.91 Å². The lowest BCUT2D eigenvalue weighted by Crippen LogP contribution is -2.30. The Bertz CT molecular complexity index is 530. The number of likely N-dealkylation sites (N-methyl/N-ethyl adjacent to an activating group) is 1. The molecule has 0 fully saturated rings. The first-order valence-electron chi connectivity index (χ1n) is 5.74. The molecule has 4 heteroatoms. The highest BCUT2D eigenvalue weighted by molar-refractivity contribution is 6.08. The molecule has 0 bridgehead atoms. The second-order valence-corrected chi connectivity index (χ2v) is 4.03. The molecule has 0 spiro atoms. The van der Waals surface area contributed by atoms with Crippen molar-refractivity contribution in [2.75, 3.05) is 20.1 Å². The molecule has 0 unspecified atom stereocenters. The summed E-state index contributed by atoms with van der Waals surface area (Å²) >= 11 is 0. The van der Waals surface area contributed by atoms with Gasteiger partial charge in [-0.25, -0.2) is 0 Å². The van der Waals surface area contributed by atoms with Crippen LogP contribution in [0.25, 0.3) is 10.9 Å². The van der Waals surface area contributed by atoms with Gasteiger partial charge in [0.2, 0.25) is 0 Å². The third-order valence-corrected chi connectivity index (χ3v) is 2.78. The lowest BCUT2D eigenvalue weighted by molar-refractivity contribution is 0.0955. The molecule has 0 saturated carbocycles. The number of para-hydroxylation sites is 1. The zero-order valence-corrected chi connectivity index (χ0v) is 10.1. The molecule has 0 saturated heterocycles. The van der Waals surface area contributed by atoms with Crippen molar-refractivity contribution in [3.05, 3.63) is 35.5 Å². The lowest BCUT2D eigenvalue weighted by Gasteiger charge is -2.04. The van der Waals surface area contributed by atoms with Gasteiger partial charge in [0.15, 0.2) is 0 Å². The van der Waals surface area contributed by atoms with Crippen LogP contribution < -0.4 is 10.6 Å². The summed E-state index contributed by atoms with van der Waals surface area (Å²) in [5, 5.41) is 6.87. The van der Waals surface area contributed by atoms with Gasteiger partial charge in [-0.1, -0.05) is 18.2 Å². The van der Waals surface area contributed by atoms with Crippen LogP contribution in [0.1, 0.15) is 16.1 Å². The van der Waals surface area contributed by atoms with E-state index in [1.807, 2.05) is 38.2 Å². The Balaban J connectivity index is 2.28. The Labute approximate surface area is 100 Å². The summed E-state index contributed by atoms with van der Waals surface area (Å²) < 4.78 is 0. The molecule has 90 valence electrons. The van der Waals surface area contributed by atoms with Gasteiger partial charge in [-0.05, 0) is 20.0 Å². The fraction of sp³-hybridized carbons (Fsp3) is 0.308. The molecule has 17 heavy (non-hydrogen) atoms. The fourth-order valence-corrected chi connectivity index (χ4v) is 1.96. The molecular formula is C13H17N3O. The van der Waals surface area contributed by atoms with Gasteiger partial charge < -0.3 is 15.6 Å². The van der Waals surface area contributed by atoms with Gasteiger partial charge in [0, 0.05) is 29.7 Å². The van der Waals surface area contributed by atoms with Crippen molar-refractivity contribution in [3.8, 4) is 0 Å². The summed E-state index contributed by atoms with van der Waals surface area (Å²) in [6.45, 7) is 3.33. The van der Waals surface area contributed by atoms with Gasteiger partial charge in [-0.15, -0.1) is 0 Å². The van der Waals surface area contributed by atoms with Crippen LogP contribution in [0.5, 0.6) is 0 Å². The minimum atomic E-state index is -0.0183. The zero-order chi connectivity index (χ0) is 12.3. The molecule has 2 rings (SSSR count). The molecule has 0 aliphatic rings. The molecule has 1 aromatic heterocycles. The summed E-state index contributed by atoms with van der Waals surface area (Å²) in [5.74, 6) is -0.0183. The van der Waals surface area contributed by atoms with Crippen molar-refractivity contribution in [2.24, 2.45) is 0 Å². The maximum absolute atomic E-state index is 12.1.